The molecule has 0 heterocycles. The van der Waals surface area contributed by atoms with Crippen LogP contribution in [0.4, 0.5) is 0 Å². The van der Waals surface area contributed by atoms with E-state index in [-0.39, 0.29) is 0 Å². The van der Waals surface area contributed by atoms with Crippen LogP contribution in [0.25, 0.3) is 0 Å². The van der Waals surface area contributed by atoms with Gasteiger partial charge in [0.05, 0.1) is 0 Å². The van der Waals surface area contributed by atoms with Gasteiger partial charge in [-0.3, -0.25) is 0 Å². The molecule has 0 aromatic carbocycles. The highest BCUT2D eigenvalue weighted by atomic mass is 16.7. The summed E-state index contributed by atoms with van der Waals surface area (Å²) in [6.07, 6.45) is 1.90. The van der Waals surface area contributed by atoms with Gasteiger partial charge in [-0.05, 0) is 6.92 Å². The highest BCUT2D eigenvalue weighted by Gasteiger charge is 1.84. The second-order valence-electron chi connectivity index (χ2n) is 1.65. The minimum Gasteiger partial charge on any atom is -0.483 e. The lowest BCUT2D eigenvalue weighted by molar-refractivity contribution is 0.00474. The van der Waals surface area contributed by atoms with Crippen LogP contribution in [0.1, 0.15) is 6.92 Å². The van der Waals surface area contributed by atoms with Crippen molar-refractivity contribution < 1.29 is 9.47 Å². The maximum Gasteiger partial charge on any atom is 0.186 e. The van der Waals surface area contributed by atoms with Crippen molar-refractivity contribution in [3.63, 3.8) is 0 Å². The summed E-state index contributed by atoms with van der Waals surface area (Å²) in [5, 5.41) is 0. The average Bonchev–Trinajstić information content (AvgIpc) is 1.89. The van der Waals surface area contributed by atoms with E-state index in [0.29, 0.717) is 13.3 Å². The van der Waals surface area contributed by atoms with E-state index in [2.05, 4.69) is 0 Å². The molecule has 0 fully saturated rings. The van der Waals surface area contributed by atoms with Crippen LogP contribution in [-0.2, 0) is 9.47 Å². The minimum absolute atomic E-state index is 0.368. The van der Waals surface area contributed by atoms with Crippen LogP contribution in [0, 0.1) is 0 Å². The summed E-state index contributed by atoms with van der Waals surface area (Å²) in [5.41, 5.74) is 0.906. The molecule has 0 saturated carbocycles. The predicted octanol–water partition coefficient (Wildman–Crippen LogP) is -0.938. The molecule has 0 aliphatic carbocycles. The number of ether oxygens (including phenoxy) is 2. The molecule has 9 heavy (non-hydrogen) atoms. The molecule has 0 saturated heterocycles. The van der Waals surface area contributed by atoms with E-state index in [1.54, 1.807) is 0 Å². The zero-order chi connectivity index (χ0) is 7.11. The van der Waals surface area contributed by atoms with Crippen molar-refractivity contribution in [1.82, 2.24) is 0 Å². The summed E-state index contributed by atoms with van der Waals surface area (Å²) in [6, 6.07) is 0. The van der Waals surface area contributed by atoms with Crippen molar-refractivity contribution >= 4 is 15.7 Å². The minimum atomic E-state index is 0.368. The molecule has 0 aromatic heterocycles. The normalized spacial score (nSPS) is 11.4. The third kappa shape index (κ3) is 5.50. The number of rotatable bonds is 4. The Bertz CT molecular complexity index is 93.0. The molecule has 0 amide bonds. The van der Waals surface area contributed by atoms with Crippen LogP contribution in [0.3, 0.4) is 0 Å². The van der Waals surface area contributed by atoms with Gasteiger partial charge in [0.15, 0.2) is 14.6 Å². The van der Waals surface area contributed by atoms with E-state index in [9.17, 15) is 0 Å². The van der Waals surface area contributed by atoms with Crippen LogP contribution in [0.5, 0.6) is 0 Å². The fraction of sp³-hybridized carbons (Fsp3) is 0.600. The molecule has 0 aliphatic rings. The third-order valence-corrected chi connectivity index (χ3v) is 0.981. The topological polar surface area (TPSA) is 18.5 Å². The van der Waals surface area contributed by atoms with E-state index >= 15 is 0 Å². The molecule has 0 unspecified atom stereocenters. The monoisotopic (exact) mass is 126 g/mol. The Morgan fingerprint density at radius 3 is 2.78 bits per heavy atom. The van der Waals surface area contributed by atoms with Crippen LogP contribution in [0.15, 0.2) is 11.7 Å². The van der Waals surface area contributed by atoms with Crippen molar-refractivity contribution in [1.29, 1.82) is 0 Å². The lowest BCUT2D eigenvalue weighted by Gasteiger charge is -2.04. The molecule has 0 N–H and O–H groups in total. The quantitative estimate of drug-likeness (QED) is 0.209. The molecular weight excluding hydrogens is 114 g/mol. The maximum absolute atomic E-state index is 5.07. The molecule has 0 radical (unpaired) electrons. The Kier molecular flexibility index (Phi) is 5.52. The highest BCUT2D eigenvalue weighted by Crippen LogP contribution is 1.88. The van der Waals surface area contributed by atoms with Crippen molar-refractivity contribution in [2.45, 2.75) is 6.92 Å². The van der Waals surface area contributed by atoms with E-state index in [1.807, 2.05) is 28.7 Å². The summed E-state index contributed by atoms with van der Waals surface area (Å²) in [7, 11) is 3.84. The zero-order valence-corrected chi connectivity index (χ0v) is 6.31. The van der Waals surface area contributed by atoms with Gasteiger partial charge in [-0.1, -0.05) is 6.08 Å². The van der Waals surface area contributed by atoms with Crippen LogP contribution in [0.2, 0.25) is 0 Å². The van der Waals surface area contributed by atoms with Gasteiger partial charge in [-0.15, -0.1) is 0 Å². The van der Waals surface area contributed by atoms with Gasteiger partial charge >= 0.3 is 0 Å². The Morgan fingerprint density at radius 2 is 2.33 bits per heavy atom. The Hall–Kier alpha value is -0.370. The summed E-state index contributed by atoms with van der Waals surface area (Å²) >= 11 is 0. The van der Waals surface area contributed by atoms with Gasteiger partial charge in [0.25, 0.3) is 0 Å². The van der Waals surface area contributed by atoms with Gasteiger partial charge in [0.2, 0.25) is 0 Å². The van der Waals surface area contributed by atoms with E-state index in [4.69, 9.17) is 9.47 Å². The summed E-state index contributed by atoms with van der Waals surface area (Å²) in [5.74, 6) is 0. The van der Waals surface area contributed by atoms with Crippen LogP contribution < -0.4 is 0 Å². The van der Waals surface area contributed by atoms with Gasteiger partial charge in [-0.2, -0.15) is 0 Å². The van der Waals surface area contributed by atoms with Crippen molar-refractivity contribution in [2.75, 3.05) is 13.3 Å². The summed E-state index contributed by atoms with van der Waals surface area (Å²) in [6.45, 7) is 3.00. The first kappa shape index (κ1) is 8.63. The second-order valence-corrected chi connectivity index (χ2v) is 1.65. The average molecular weight is 126 g/mol. The molecular formula is C5H12B2O2. The summed E-state index contributed by atoms with van der Waals surface area (Å²) < 4.78 is 10.0. The van der Waals surface area contributed by atoms with Crippen LogP contribution >= 0.6 is 0 Å². The fourth-order valence-corrected chi connectivity index (χ4v) is 0.301. The Morgan fingerprint density at radius 1 is 1.67 bits per heavy atom. The molecule has 0 atom stereocenters. The number of hydrogen-bond donors (Lipinski definition) is 0. The molecule has 0 aliphatic heterocycles. The molecule has 4 heteroatoms. The molecule has 50 valence electrons. The lowest BCUT2D eigenvalue weighted by Crippen LogP contribution is -2.00. The SMILES string of the molecule is BCOCO/C(B)=C/C. The lowest BCUT2D eigenvalue weighted by atomic mass is 10.1. The van der Waals surface area contributed by atoms with E-state index < -0.39 is 0 Å². The third-order valence-electron chi connectivity index (χ3n) is 0.981. The Balaban J connectivity index is 3.07. The zero-order valence-electron chi connectivity index (χ0n) is 6.31. The van der Waals surface area contributed by atoms with Crippen LogP contribution in [-0.4, -0.2) is 29.0 Å². The number of allylic oxidation sites excluding steroid dienone is 1. The van der Waals surface area contributed by atoms with Gasteiger partial charge < -0.3 is 9.47 Å². The Labute approximate surface area is 58.0 Å². The maximum atomic E-state index is 5.07. The standard InChI is InChI=1S/C5H12B2O2/c1-2-5(7)9-4-8-3-6/h2H,3-4,6-7H2,1H3/b5-2+. The van der Waals surface area contributed by atoms with Crippen molar-refractivity contribution in [3.05, 3.63) is 11.7 Å². The molecule has 0 aromatic rings. The first-order valence-corrected chi connectivity index (χ1v) is 3.14. The smallest absolute Gasteiger partial charge is 0.186 e. The highest BCUT2D eigenvalue weighted by molar-refractivity contribution is 6.20. The largest absolute Gasteiger partial charge is 0.483 e. The van der Waals surface area contributed by atoms with Crippen molar-refractivity contribution in [2.24, 2.45) is 0 Å². The molecule has 0 rings (SSSR count). The first-order valence-electron chi connectivity index (χ1n) is 3.14. The molecule has 0 bridgehead atoms. The molecule has 0 spiro atoms. The fourth-order valence-electron chi connectivity index (χ4n) is 0.301. The van der Waals surface area contributed by atoms with Gasteiger partial charge in [-0.25, -0.2) is 0 Å². The van der Waals surface area contributed by atoms with E-state index in [1.165, 1.54) is 0 Å². The number of hydrogen-bond acceptors (Lipinski definition) is 2. The molecule has 2 nitrogen and oxygen atoms in total. The summed E-state index contributed by atoms with van der Waals surface area (Å²) in [4.78, 5) is 0. The second kappa shape index (κ2) is 5.76. The van der Waals surface area contributed by atoms with E-state index in [0.717, 1.165) is 5.66 Å². The van der Waals surface area contributed by atoms with Gasteiger partial charge in [0.1, 0.15) is 7.85 Å². The van der Waals surface area contributed by atoms with Crippen molar-refractivity contribution in [3.8, 4) is 0 Å². The van der Waals surface area contributed by atoms with Gasteiger partial charge in [0, 0.05) is 12.2 Å². The predicted molar refractivity (Wildman–Crippen MR) is 42.7 cm³/mol. The first-order chi connectivity index (χ1) is 4.31.